The van der Waals surface area contributed by atoms with Crippen molar-refractivity contribution in [3.63, 3.8) is 0 Å². The van der Waals surface area contributed by atoms with Gasteiger partial charge in [0, 0.05) is 13.1 Å². The van der Waals surface area contributed by atoms with Crippen molar-refractivity contribution >= 4 is 17.8 Å². The Morgan fingerprint density at radius 3 is 2.24 bits per heavy atom. The second kappa shape index (κ2) is 5.16. The largest absolute Gasteiger partial charge is 0.480 e. The second-order valence-electron chi connectivity index (χ2n) is 4.16. The summed E-state index contributed by atoms with van der Waals surface area (Å²) in [6.45, 7) is 4.28. The Balaban J connectivity index is 2.65. The second-order valence-corrected chi connectivity index (χ2v) is 4.16. The number of nitrogens with one attached hydrogen (secondary N) is 1. The number of rotatable bonds is 6. The van der Waals surface area contributed by atoms with E-state index in [-0.39, 0.29) is 12.5 Å². The highest BCUT2D eigenvalue weighted by Crippen LogP contribution is 2.47. The number of amides is 2. The fourth-order valence-electron chi connectivity index (χ4n) is 1.70. The van der Waals surface area contributed by atoms with E-state index in [0.717, 1.165) is 0 Å². The molecule has 0 aromatic rings. The number of nitrogens with zero attached hydrogens (tertiary/aromatic N) is 1. The van der Waals surface area contributed by atoms with Gasteiger partial charge in [-0.05, 0) is 26.7 Å². The molecule has 0 spiro atoms. The van der Waals surface area contributed by atoms with E-state index >= 15 is 0 Å². The number of likely N-dealkylation sites (N-methyl/N-ethyl adjacent to an activating group) is 2. The average molecular weight is 242 g/mol. The van der Waals surface area contributed by atoms with Crippen molar-refractivity contribution in [2.45, 2.75) is 26.7 Å². The zero-order chi connectivity index (χ0) is 13.1. The molecular weight excluding hydrogens is 224 g/mol. The standard InChI is InChI=1S/C11H18N2O4/c1-3-12-8(14)7-13(4-2)9(15)11(5-6-11)10(16)17/h3-7H2,1-2H3,(H,12,14)(H,16,17). The van der Waals surface area contributed by atoms with Gasteiger partial charge < -0.3 is 15.3 Å². The van der Waals surface area contributed by atoms with E-state index in [9.17, 15) is 14.4 Å². The molecule has 0 unspecified atom stereocenters. The first-order valence-electron chi connectivity index (χ1n) is 5.77. The van der Waals surface area contributed by atoms with E-state index in [1.165, 1.54) is 4.90 Å². The Morgan fingerprint density at radius 1 is 1.29 bits per heavy atom. The van der Waals surface area contributed by atoms with Crippen molar-refractivity contribution < 1.29 is 19.5 Å². The number of hydrogen-bond donors (Lipinski definition) is 2. The van der Waals surface area contributed by atoms with Crippen molar-refractivity contribution in [3.05, 3.63) is 0 Å². The number of carboxylic acid groups (broad SMARTS) is 1. The topological polar surface area (TPSA) is 86.7 Å². The maximum Gasteiger partial charge on any atom is 0.319 e. The minimum Gasteiger partial charge on any atom is -0.480 e. The van der Waals surface area contributed by atoms with Crippen LogP contribution >= 0.6 is 0 Å². The van der Waals surface area contributed by atoms with Crippen LogP contribution in [0.2, 0.25) is 0 Å². The predicted octanol–water partition coefficient (Wildman–Crippen LogP) is -0.164. The number of carbonyl (C=O) groups excluding carboxylic acids is 2. The first kappa shape index (κ1) is 13.5. The molecule has 0 aromatic carbocycles. The lowest BCUT2D eigenvalue weighted by Gasteiger charge is -2.23. The van der Waals surface area contributed by atoms with Gasteiger partial charge in [-0.15, -0.1) is 0 Å². The smallest absolute Gasteiger partial charge is 0.319 e. The maximum atomic E-state index is 12.0. The Labute approximate surface area is 100.0 Å². The predicted molar refractivity (Wildman–Crippen MR) is 60.2 cm³/mol. The molecule has 0 saturated heterocycles. The van der Waals surface area contributed by atoms with E-state index in [1.807, 2.05) is 0 Å². The highest BCUT2D eigenvalue weighted by molar-refractivity contribution is 6.05. The van der Waals surface area contributed by atoms with Crippen LogP contribution in [0.25, 0.3) is 0 Å². The summed E-state index contributed by atoms with van der Waals surface area (Å²) in [6, 6.07) is 0. The summed E-state index contributed by atoms with van der Waals surface area (Å²) in [5.74, 6) is -1.79. The van der Waals surface area contributed by atoms with Gasteiger partial charge in [-0.2, -0.15) is 0 Å². The van der Waals surface area contributed by atoms with Crippen LogP contribution < -0.4 is 5.32 Å². The number of carbonyl (C=O) groups is 3. The van der Waals surface area contributed by atoms with Crippen molar-refractivity contribution in [3.8, 4) is 0 Å². The highest BCUT2D eigenvalue weighted by Gasteiger charge is 2.58. The van der Waals surface area contributed by atoms with Crippen LogP contribution in [0.5, 0.6) is 0 Å². The normalized spacial score (nSPS) is 16.1. The van der Waals surface area contributed by atoms with Crippen LogP contribution in [0.15, 0.2) is 0 Å². The highest BCUT2D eigenvalue weighted by atomic mass is 16.4. The van der Waals surface area contributed by atoms with E-state index in [4.69, 9.17) is 5.11 Å². The molecule has 0 atom stereocenters. The third kappa shape index (κ3) is 2.75. The Morgan fingerprint density at radius 2 is 1.88 bits per heavy atom. The Hall–Kier alpha value is -1.59. The summed E-state index contributed by atoms with van der Waals surface area (Å²) >= 11 is 0. The zero-order valence-corrected chi connectivity index (χ0v) is 10.2. The lowest BCUT2D eigenvalue weighted by atomic mass is 10.1. The molecule has 2 amide bonds. The van der Waals surface area contributed by atoms with Crippen molar-refractivity contribution in [2.24, 2.45) is 5.41 Å². The first-order chi connectivity index (χ1) is 7.97. The van der Waals surface area contributed by atoms with Gasteiger partial charge in [0.1, 0.15) is 5.41 Å². The lowest BCUT2D eigenvalue weighted by Crippen LogP contribution is -2.45. The molecule has 0 aromatic heterocycles. The summed E-state index contributed by atoms with van der Waals surface area (Å²) in [5, 5.41) is 11.6. The summed E-state index contributed by atoms with van der Waals surface area (Å²) in [6.07, 6.45) is 0.736. The quantitative estimate of drug-likeness (QED) is 0.633. The summed E-state index contributed by atoms with van der Waals surface area (Å²) in [7, 11) is 0. The third-order valence-corrected chi connectivity index (χ3v) is 2.95. The molecular formula is C11H18N2O4. The molecule has 96 valence electrons. The molecule has 2 N–H and O–H groups in total. The van der Waals surface area contributed by atoms with E-state index in [2.05, 4.69) is 5.32 Å². The van der Waals surface area contributed by atoms with Gasteiger partial charge in [0.15, 0.2) is 0 Å². The SMILES string of the molecule is CCNC(=O)CN(CC)C(=O)C1(C(=O)O)CC1. The molecule has 6 nitrogen and oxygen atoms in total. The maximum absolute atomic E-state index is 12.0. The molecule has 6 heteroatoms. The first-order valence-corrected chi connectivity index (χ1v) is 5.77. The van der Waals surface area contributed by atoms with Crippen LogP contribution in [-0.2, 0) is 14.4 Å². The molecule has 1 aliphatic carbocycles. The fraction of sp³-hybridized carbons (Fsp3) is 0.727. The molecule has 1 fully saturated rings. The summed E-state index contributed by atoms with van der Waals surface area (Å²) < 4.78 is 0. The molecule has 1 rings (SSSR count). The van der Waals surface area contributed by atoms with Crippen molar-refractivity contribution in [1.29, 1.82) is 0 Å². The fourth-order valence-corrected chi connectivity index (χ4v) is 1.70. The third-order valence-electron chi connectivity index (χ3n) is 2.95. The number of aliphatic carboxylic acids is 1. The van der Waals surface area contributed by atoms with E-state index in [1.54, 1.807) is 13.8 Å². The van der Waals surface area contributed by atoms with Crippen molar-refractivity contribution in [2.75, 3.05) is 19.6 Å². The molecule has 0 heterocycles. The van der Waals surface area contributed by atoms with Crippen LogP contribution in [0.3, 0.4) is 0 Å². The van der Waals surface area contributed by atoms with E-state index < -0.39 is 17.3 Å². The minimum absolute atomic E-state index is 0.0712. The molecule has 17 heavy (non-hydrogen) atoms. The van der Waals surface area contributed by atoms with Gasteiger partial charge in [-0.1, -0.05) is 0 Å². The van der Waals surface area contributed by atoms with Crippen molar-refractivity contribution in [1.82, 2.24) is 10.2 Å². The van der Waals surface area contributed by atoms with Crippen LogP contribution in [0.4, 0.5) is 0 Å². The van der Waals surface area contributed by atoms with Gasteiger partial charge in [0.25, 0.3) is 0 Å². The number of carboxylic acids is 1. The molecule has 0 bridgehead atoms. The van der Waals surface area contributed by atoms with E-state index in [0.29, 0.717) is 25.9 Å². The Kier molecular flexibility index (Phi) is 4.09. The number of hydrogen-bond acceptors (Lipinski definition) is 3. The van der Waals surface area contributed by atoms with Crippen LogP contribution in [0.1, 0.15) is 26.7 Å². The molecule has 1 saturated carbocycles. The lowest BCUT2D eigenvalue weighted by molar-refractivity contribution is -0.154. The summed E-state index contributed by atoms with van der Waals surface area (Å²) in [4.78, 5) is 35.7. The van der Waals surface area contributed by atoms with Crippen LogP contribution in [0, 0.1) is 5.41 Å². The zero-order valence-electron chi connectivity index (χ0n) is 10.2. The molecule has 1 aliphatic rings. The monoisotopic (exact) mass is 242 g/mol. The summed E-state index contributed by atoms with van der Waals surface area (Å²) in [5.41, 5.74) is -1.26. The van der Waals surface area contributed by atoms with Gasteiger partial charge >= 0.3 is 5.97 Å². The Bertz CT molecular complexity index is 336. The van der Waals surface area contributed by atoms with Gasteiger partial charge in [-0.3, -0.25) is 14.4 Å². The van der Waals surface area contributed by atoms with Gasteiger partial charge in [-0.25, -0.2) is 0 Å². The van der Waals surface area contributed by atoms with Gasteiger partial charge in [0.2, 0.25) is 11.8 Å². The minimum atomic E-state index is -1.26. The molecule has 0 aliphatic heterocycles. The average Bonchev–Trinajstić information content (AvgIpc) is 3.06. The molecule has 0 radical (unpaired) electrons. The van der Waals surface area contributed by atoms with Gasteiger partial charge in [0.05, 0.1) is 6.54 Å². The van der Waals surface area contributed by atoms with Crippen LogP contribution in [-0.4, -0.2) is 47.4 Å².